The summed E-state index contributed by atoms with van der Waals surface area (Å²) in [5, 5.41) is 3.42. The molecule has 110 valence electrons. The van der Waals surface area contributed by atoms with Gasteiger partial charge in [0.2, 0.25) is 0 Å². The Morgan fingerprint density at radius 3 is 2.53 bits per heavy atom. The van der Waals surface area contributed by atoms with E-state index in [2.05, 4.69) is 17.3 Å². The number of esters is 1. The molecule has 0 radical (unpaired) electrons. The molecule has 0 aromatic carbocycles. The molecule has 0 spiro atoms. The van der Waals surface area contributed by atoms with Gasteiger partial charge < -0.3 is 14.4 Å². The van der Waals surface area contributed by atoms with Gasteiger partial charge in [0, 0.05) is 25.7 Å². The molecule has 2 heterocycles. The Morgan fingerprint density at radius 1 is 1.37 bits per heavy atom. The Labute approximate surface area is 115 Å². The molecule has 0 aromatic rings. The van der Waals surface area contributed by atoms with Crippen molar-refractivity contribution in [1.82, 2.24) is 10.2 Å². The molecule has 2 aliphatic rings. The van der Waals surface area contributed by atoms with E-state index in [1.807, 2.05) is 6.92 Å². The van der Waals surface area contributed by atoms with E-state index in [4.69, 9.17) is 9.47 Å². The molecule has 19 heavy (non-hydrogen) atoms. The first-order valence-corrected chi connectivity index (χ1v) is 7.26. The van der Waals surface area contributed by atoms with Gasteiger partial charge in [-0.1, -0.05) is 0 Å². The minimum absolute atomic E-state index is 0.0869. The first-order valence-electron chi connectivity index (χ1n) is 7.26. The van der Waals surface area contributed by atoms with Crippen molar-refractivity contribution in [2.75, 3.05) is 33.9 Å². The van der Waals surface area contributed by atoms with Gasteiger partial charge in [0.05, 0.1) is 13.2 Å². The predicted octanol–water partition coefficient (Wildman–Crippen LogP) is 0.781. The molecular weight excluding hydrogens is 244 g/mol. The Hall–Kier alpha value is -0.650. The Balaban J connectivity index is 2.09. The fourth-order valence-corrected chi connectivity index (χ4v) is 3.51. The summed E-state index contributed by atoms with van der Waals surface area (Å²) in [5.74, 6) is -0.0869. The highest BCUT2D eigenvalue weighted by atomic mass is 16.5. The summed E-state index contributed by atoms with van der Waals surface area (Å²) in [5.41, 5.74) is -0.507. The summed E-state index contributed by atoms with van der Waals surface area (Å²) >= 11 is 0. The van der Waals surface area contributed by atoms with Crippen LogP contribution in [0.1, 0.15) is 32.6 Å². The highest BCUT2D eigenvalue weighted by molar-refractivity contribution is 5.81. The summed E-state index contributed by atoms with van der Waals surface area (Å²) in [4.78, 5) is 14.8. The fourth-order valence-electron chi connectivity index (χ4n) is 3.51. The van der Waals surface area contributed by atoms with E-state index < -0.39 is 5.54 Å². The molecule has 5 nitrogen and oxygen atoms in total. The largest absolute Gasteiger partial charge is 0.465 e. The van der Waals surface area contributed by atoms with Gasteiger partial charge in [0.15, 0.2) is 0 Å². The van der Waals surface area contributed by atoms with E-state index in [9.17, 15) is 4.79 Å². The van der Waals surface area contributed by atoms with Crippen molar-refractivity contribution < 1.29 is 14.3 Å². The van der Waals surface area contributed by atoms with Crippen LogP contribution in [0.4, 0.5) is 0 Å². The van der Waals surface area contributed by atoms with Crippen LogP contribution >= 0.6 is 0 Å². The van der Waals surface area contributed by atoms with Crippen LogP contribution in [0.15, 0.2) is 0 Å². The first-order chi connectivity index (χ1) is 9.13. The zero-order valence-corrected chi connectivity index (χ0v) is 12.3. The lowest BCUT2D eigenvalue weighted by atomic mass is 9.83. The third-order valence-electron chi connectivity index (χ3n) is 4.59. The van der Waals surface area contributed by atoms with Crippen LogP contribution in [0, 0.1) is 0 Å². The molecule has 0 amide bonds. The minimum Gasteiger partial charge on any atom is -0.465 e. The molecule has 1 N–H and O–H groups in total. The van der Waals surface area contributed by atoms with Gasteiger partial charge in [-0.25, -0.2) is 0 Å². The standard InChI is InChI=1S/C14H26N2O3/c1-4-19-13(17)14(15-7-8-18-3)9-11-5-6-12(10-14)16(11)2/h11-12,15H,4-10H2,1-3H3. The molecule has 2 unspecified atom stereocenters. The van der Waals surface area contributed by atoms with Gasteiger partial charge in [-0.05, 0) is 39.7 Å². The van der Waals surface area contributed by atoms with Crippen molar-refractivity contribution in [2.45, 2.75) is 50.2 Å². The van der Waals surface area contributed by atoms with Crippen LogP contribution in [0.25, 0.3) is 0 Å². The lowest BCUT2D eigenvalue weighted by Gasteiger charge is -2.44. The summed E-state index contributed by atoms with van der Waals surface area (Å²) in [6.07, 6.45) is 4.08. The lowest BCUT2D eigenvalue weighted by molar-refractivity contribution is -0.154. The number of hydrogen-bond donors (Lipinski definition) is 1. The maximum absolute atomic E-state index is 12.4. The maximum Gasteiger partial charge on any atom is 0.326 e. The van der Waals surface area contributed by atoms with Crippen molar-refractivity contribution in [1.29, 1.82) is 0 Å². The molecular formula is C14H26N2O3. The second kappa shape index (κ2) is 6.20. The first kappa shape index (κ1) is 14.8. The van der Waals surface area contributed by atoms with Gasteiger partial charge in [-0.3, -0.25) is 10.1 Å². The smallest absolute Gasteiger partial charge is 0.326 e. The summed E-state index contributed by atoms with van der Waals surface area (Å²) in [6.45, 7) is 3.62. The van der Waals surface area contributed by atoms with Gasteiger partial charge in [-0.2, -0.15) is 0 Å². The van der Waals surface area contributed by atoms with Crippen LogP contribution in [-0.2, 0) is 14.3 Å². The monoisotopic (exact) mass is 270 g/mol. The number of methoxy groups -OCH3 is 1. The van der Waals surface area contributed by atoms with Crippen LogP contribution in [0.3, 0.4) is 0 Å². The zero-order valence-electron chi connectivity index (χ0n) is 12.3. The Morgan fingerprint density at radius 2 is 2.00 bits per heavy atom. The lowest BCUT2D eigenvalue weighted by Crippen LogP contribution is -2.62. The normalized spacial score (nSPS) is 34.5. The van der Waals surface area contributed by atoms with Crippen molar-refractivity contribution in [3.63, 3.8) is 0 Å². The minimum atomic E-state index is -0.507. The third-order valence-corrected chi connectivity index (χ3v) is 4.59. The average Bonchev–Trinajstić information content (AvgIpc) is 2.63. The fraction of sp³-hybridized carbons (Fsp3) is 0.929. The average molecular weight is 270 g/mol. The SMILES string of the molecule is CCOC(=O)C1(NCCOC)CC2CCC(C1)N2C. The van der Waals surface area contributed by atoms with E-state index in [-0.39, 0.29) is 5.97 Å². The number of ether oxygens (including phenoxy) is 2. The van der Waals surface area contributed by atoms with Crippen molar-refractivity contribution in [3.8, 4) is 0 Å². The van der Waals surface area contributed by atoms with Crippen molar-refractivity contribution >= 4 is 5.97 Å². The molecule has 0 aromatic heterocycles. The van der Waals surface area contributed by atoms with E-state index >= 15 is 0 Å². The summed E-state index contributed by atoms with van der Waals surface area (Å²) in [6, 6.07) is 0.997. The molecule has 2 atom stereocenters. The number of nitrogens with one attached hydrogen (secondary N) is 1. The van der Waals surface area contributed by atoms with E-state index in [1.54, 1.807) is 7.11 Å². The molecule has 0 aliphatic carbocycles. The van der Waals surface area contributed by atoms with Crippen LogP contribution in [0.5, 0.6) is 0 Å². The maximum atomic E-state index is 12.4. The van der Waals surface area contributed by atoms with E-state index in [1.165, 1.54) is 12.8 Å². The van der Waals surface area contributed by atoms with Crippen LogP contribution in [0.2, 0.25) is 0 Å². The second-order valence-electron chi connectivity index (χ2n) is 5.68. The quantitative estimate of drug-likeness (QED) is 0.571. The highest BCUT2D eigenvalue weighted by Gasteiger charge is 2.51. The van der Waals surface area contributed by atoms with Crippen molar-refractivity contribution in [2.24, 2.45) is 0 Å². The number of nitrogens with zero attached hydrogens (tertiary/aromatic N) is 1. The summed E-state index contributed by atoms with van der Waals surface area (Å²) < 4.78 is 10.4. The van der Waals surface area contributed by atoms with Crippen LogP contribution < -0.4 is 5.32 Å². The highest BCUT2D eigenvalue weighted by Crippen LogP contribution is 2.40. The Kier molecular flexibility index (Phi) is 4.81. The van der Waals surface area contributed by atoms with Gasteiger partial charge in [0.1, 0.15) is 5.54 Å². The molecule has 0 saturated carbocycles. The van der Waals surface area contributed by atoms with Gasteiger partial charge in [-0.15, -0.1) is 0 Å². The van der Waals surface area contributed by atoms with Crippen LogP contribution in [-0.4, -0.2) is 62.4 Å². The molecule has 2 bridgehead atoms. The number of rotatable bonds is 6. The Bertz CT molecular complexity index is 308. The molecule has 2 fully saturated rings. The third kappa shape index (κ3) is 2.93. The number of carbonyl (C=O) groups is 1. The summed E-state index contributed by atoms with van der Waals surface area (Å²) in [7, 11) is 3.85. The second-order valence-corrected chi connectivity index (χ2v) is 5.68. The van der Waals surface area contributed by atoms with Gasteiger partial charge in [0.25, 0.3) is 0 Å². The predicted molar refractivity (Wildman–Crippen MR) is 73.0 cm³/mol. The molecule has 2 saturated heterocycles. The number of piperidine rings is 1. The van der Waals surface area contributed by atoms with E-state index in [0.717, 1.165) is 12.8 Å². The van der Waals surface area contributed by atoms with Crippen molar-refractivity contribution in [3.05, 3.63) is 0 Å². The molecule has 2 aliphatic heterocycles. The number of hydrogen-bond acceptors (Lipinski definition) is 5. The van der Waals surface area contributed by atoms with Gasteiger partial charge >= 0.3 is 5.97 Å². The number of carbonyl (C=O) groups excluding carboxylic acids is 1. The molecule has 2 rings (SSSR count). The topological polar surface area (TPSA) is 50.8 Å². The molecule has 5 heteroatoms. The zero-order chi connectivity index (χ0) is 13.9. The number of fused-ring (bicyclic) bond motifs is 2. The van der Waals surface area contributed by atoms with E-state index in [0.29, 0.717) is 31.8 Å².